The summed E-state index contributed by atoms with van der Waals surface area (Å²) in [6.07, 6.45) is -0.241. The standard InChI is InChI=1S/C12H16N2O5/c1-3-8-10(6(2)19-13-8)11(16)14-5-7(15)4-9(14)12(17)18/h7,9,15H,3-5H2,1-2H3,(H,17,18)/t7-,9+/m1/s1. The van der Waals surface area contributed by atoms with E-state index < -0.39 is 24.0 Å². The van der Waals surface area contributed by atoms with E-state index in [1.807, 2.05) is 6.92 Å². The van der Waals surface area contributed by atoms with Crippen molar-refractivity contribution < 1.29 is 24.3 Å². The van der Waals surface area contributed by atoms with Gasteiger partial charge in [-0.3, -0.25) is 4.79 Å². The fourth-order valence-electron chi connectivity index (χ4n) is 2.35. The third-order valence-corrected chi connectivity index (χ3v) is 3.31. The normalized spacial score (nSPS) is 22.8. The van der Waals surface area contributed by atoms with Crippen LogP contribution in [-0.2, 0) is 11.2 Å². The third kappa shape index (κ3) is 2.33. The Bertz CT molecular complexity index is 510. The van der Waals surface area contributed by atoms with Crippen LogP contribution in [0.2, 0.25) is 0 Å². The lowest BCUT2D eigenvalue weighted by molar-refractivity contribution is -0.141. The second kappa shape index (κ2) is 5.00. The van der Waals surface area contributed by atoms with Gasteiger partial charge in [-0.2, -0.15) is 0 Å². The minimum Gasteiger partial charge on any atom is -0.480 e. The predicted molar refractivity (Wildman–Crippen MR) is 63.7 cm³/mol. The molecule has 104 valence electrons. The number of amides is 1. The Balaban J connectivity index is 2.33. The number of aliphatic carboxylic acids is 1. The quantitative estimate of drug-likeness (QED) is 0.811. The molecule has 7 nitrogen and oxygen atoms in total. The van der Waals surface area contributed by atoms with Crippen LogP contribution in [0.15, 0.2) is 4.52 Å². The lowest BCUT2D eigenvalue weighted by Gasteiger charge is -2.20. The van der Waals surface area contributed by atoms with Gasteiger partial charge in [-0.05, 0) is 13.3 Å². The van der Waals surface area contributed by atoms with Gasteiger partial charge >= 0.3 is 5.97 Å². The summed E-state index contributed by atoms with van der Waals surface area (Å²) < 4.78 is 4.98. The molecule has 0 aliphatic carbocycles. The molecule has 0 bridgehead atoms. The first-order chi connectivity index (χ1) is 8.95. The molecule has 0 radical (unpaired) electrons. The van der Waals surface area contributed by atoms with Gasteiger partial charge < -0.3 is 19.6 Å². The zero-order chi connectivity index (χ0) is 14.2. The van der Waals surface area contributed by atoms with Gasteiger partial charge in [0.25, 0.3) is 5.91 Å². The predicted octanol–water partition coefficient (Wildman–Crippen LogP) is 0.205. The van der Waals surface area contributed by atoms with E-state index in [2.05, 4.69) is 5.16 Å². The van der Waals surface area contributed by atoms with Gasteiger partial charge in [-0.25, -0.2) is 4.79 Å². The van der Waals surface area contributed by atoms with Crippen molar-refractivity contribution in [3.63, 3.8) is 0 Å². The summed E-state index contributed by atoms with van der Waals surface area (Å²) in [4.78, 5) is 24.7. The summed E-state index contributed by atoms with van der Waals surface area (Å²) in [6, 6.07) is -0.999. The number of hydrogen-bond acceptors (Lipinski definition) is 5. The van der Waals surface area contributed by atoms with Crippen molar-refractivity contribution in [2.75, 3.05) is 6.54 Å². The molecule has 1 saturated heterocycles. The number of rotatable bonds is 3. The average Bonchev–Trinajstić information content (AvgIpc) is 2.91. The molecule has 2 N–H and O–H groups in total. The number of hydrogen-bond donors (Lipinski definition) is 2. The van der Waals surface area contributed by atoms with Crippen molar-refractivity contribution in [3.05, 3.63) is 17.0 Å². The SMILES string of the molecule is CCc1noc(C)c1C(=O)N1C[C@H](O)C[C@H]1C(=O)O. The van der Waals surface area contributed by atoms with E-state index in [0.29, 0.717) is 23.4 Å². The van der Waals surface area contributed by atoms with Crippen LogP contribution in [0.25, 0.3) is 0 Å². The number of carbonyl (C=O) groups is 2. The Labute approximate surface area is 109 Å². The molecule has 0 unspecified atom stereocenters. The number of aryl methyl sites for hydroxylation is 2. The van der Waals surface area contributed by atoms with E-state index >= 15 is 0 Å². The van der Waals surface area contributed by atoms with E-state index in [4.69, 9.17) is 9.63 Å². The number of aromatic nitrogens is 1. The second-order valence-corrected chi connectivity index (χ2v) is 4.62. The molecule has 1 aliphatic heterocycles. The van der Waals surface area contributed by atoms with Crippen LogP contribution in [0.4, 0.5) is 0 Å². The maximum absolute atomic E-state index is 12.4. The lowest BCUT2D eigenvalue weighted by atomic mass is 10.1. The summed E-state index contributed by atoms with van der Waals surface area (Å²) in [6.45, 7) is 3.47. The van der Waals surface area contributed by atoms with E-state index in [0.717, 1.165) is 0 Å². The maximum atomic E-state index is 12.4. The van der Waals surface area contributed by atoms with Crippen LogP contribution >= 0.6 is 0 Å². The Hall–Kier alpha value is -1.89. The smallest absolute Gasteiger partial charge is 0.326 e. The average molecular weight is 268 g/mol. The van der Waals surface area contributed by atoms with Gasteiger partial charge in [0.15, 0.2) is 0 Å². The van der Waals surface area contributed by atoms with Crippen LogP contribution in [0.3, 0.4) is 0 Å². The number of carboxylic acids is 1. The summed E-state index contributed by atoms with van der Waals surface area (Å²) in [5.41, 5.74) is 0.816. The van der Waals surface area contributed by atoms with E-state index in [1.54, 1.807) is 6.92 Å². The van der Waals surface area contributed by atoms with Crippen molar-refractivity contribution in [1.29, 1.82) is 0 Å². The molecule has 1 aliphatic rings. The summed E-state index contributed by atoms with van der Waals surface area (Å²) in [5, 5.41) is 22.4. The number of likely N-dealkylation sites (tertiary alicyclic amines) is 1. The molecular formula is C12H16N2O5. The topological polar surface area (TPSA) is 104 Å². The molecule has 1 aromatic heterocycles. The van der Waals surface area contributed by atoms with Crippen molar-refractivity contribution in [2.24, 2.45) is 0 Å². The Morgan fingerprint density at radius 3 is 2.79 bits per heavy atom. The van der Waals surface area contributed by atoms with E-state index in [1.165, 1.54) is 4.90 Å². The van der Waals surface area contributed by atoms with Crippen LogP contribution in [0, 0.1) is 6.92 Å². The molecule has 2 rings (SSSR count). The molecule has 19 heavy (non-hydrogen) atoms. The summed E-state index contributed by atoms with van der Waals surface area (Å²) in [7, 11) is 0. The van der Waals surface area contributed by atoms with Crippen LogP contribution < -0.4 is 0 Å². The minimum atomic E-state index is -1.11. The molecule has 0 aromatic carbocycles. The fraction of sp³-hybridized carbons (Fsp3) is 0.583. The monoisotopic (exact) mass is 268 g/mol. The molecule has 0 saturated carbocycles. The lowest BCUT2D eigenvalue weighted by Crippen LogP contribution is -2.41. The van der Waals surface area contributed by atoms with Crippen molar-refractivity contribution in [2.45, 2.75) is 38.8 Å². The molecular weight excluding hydrogens is 252 g/mol. The Kier molecular flexibility index (Phi) is 3.57. The maximum Gasteiger partial charge on any atom is 0.326 e. The summed E-state index contributed by atoms with van der Waals surface area (Å²) in [5.74, 6) is -1.19. The third-order valence-electron chi connectivity index (χ3n) is 3.31. The highest BCUT2D eigenvalue weighted by Gasteiger charge is 2.40. The molecule has 2 atom stereocenters. The molecule has 0 spiro atoms. The first kappa shape index (κ1) is 13.5. The molecule has 1 fully saturated rings. The van der Waals surface area contributed by atoms with Crippen molar-refractivity contribution in [1.82, 2.24) is 10.1 Å². The van der Waals surface area contributed by atoms with Crippen LogP contribution in [0.5, 0.6) is 0 Å². The number of carbonyl (C=O) groups excluding carboxylic acids is 1. The zero-order valence-corrected chi connectivity index (χ0v) is 10.8. The zero-order valence-electron chi connectivity index (χ0n) is 10.8. The minimum absolute atomic E-state index is 0.0174. The number of aliphatic hydroxyl groups is 1. The van der Waals surface area contributed by atoms with Gasteiger partial charge in [0.05, 0.1) is 11.8 Å². The van der Waals surface area contributed by atoms with Gasteiger partial charge in [0.1, 0.15) is 17.4 Å². The van der Waals surface area contributed by atoms with Crippen molar-refractivity contribution >= 4 is 11.9 Å². The van der Waals surface area contributed by atoms with E-state index in [-0.39, 0.29) is 13.0 Å². The Morgan fingerprint density at radius 1 is 1.53 bits per heavy atom. The highest BCUT2D eigenvalue weighted by molar-refractivity contribution is 5.98. The van der Waals surface area contributed by atoms with Crippen LogP contribution in [-0.4, -0.2) is 50.8 Å². The molecule has 7 heteroatoms. The summed E-state index contributed by atoms with van der Waals surface area (Å²) >= 11 is 0. The van der Waals surface area contributed by atoms with Gasteiger partial charge in [0, 0.05) is 13.0 Å². The van der Waals surface area contributed by atoms with Crippen molar-refractivity contribution in [3.8, 4) is 0 Å². The molecule has 1 amide bonds. The highest BCUT2D eigenvalue weighted by atomic mass is 16.5. The first-order valence-electron chi connectivity index (χ1n) is 6.12. The highest BCUT2D eigenvalue weighted by Crippen LogP contribution is 2.24. The fourth-order valence-corrected chi connectivity index (χ4v) is 2.35. The first-order valence-corrected chi connectivity index (χ1v) is 6.12. The molecule has 1 aromatic rings. The van der Waals surface area contributed by atoms with Gasteiger partial charge in [-0.15, -0.1) is 0 Å². The van der Waals surface area contributed by atoms with Crippen LogP contribution in [0.1, 0.15) is 35.2 Å². The second-order valence-electron chi connectivity index (χ2n) is 4.62. The molecule has 2 heterocycles. The van der Waals surface area contributed by atoms with Gasteiger partial charge in [-0.1, -0.05) is 12.1 Å². The largest absolute Gasteiger partial charge is 0.480 e. The number of β-amino-alcohol motifs (C(OH)–C–C–N with tert-alkyl or cyclic N) is 1. The Morgan fingerprint density at radius 2 is 2.21 bits per heavy atom. The van der Waals surface area contributed by atoms with Gasteiger partial charge in [0.2, 0.25) is 0 Å². The number of carboxylic acid groups (broad SMARTS) is 1. The number of nitrogens with zero attached hydrogens (tertiary/aromatic N) is 2. The number of aliphatic hydroxyl groups excluding tert-OH is 1. The van der Waals surface area contributed by atoms with E-state index in [9.17, 15) is 14.7 Å².